The van der Waals surface area contributed by atoms with Crippen LogP contribution in [-0.4, -0.2) is 15.5 Å². The van der Waals surface area contributed by atoms with E-state index in [4.69, 9.17) is 11.6 Å². The zero-order chi connectivity index (χ0) is 9.14. The standard InChI is InChI=1S/C8H11ClN2S/c1-6(5-12)3-11-4-8(9)7(2)10-11/h4,12H,1,3,5H2,2H3. The lowest BCUT2D eigenvalue weighted by atomic mass is 10.3. The number of thiol groups is 1. The number of hydrogen-bond donors (Lipinski definition) is 1. The van der Waals surface area contributed by atoms with Gasteiger partial charge >= 0.3 is 0 Å². The Labute approximate surface area is 82.6 Å². The van der Waals surface area contributed by atoms with Gasteiger partial charge in [0.05, 0.1) is 17.3 Å². The number of halogens is 1. The minimum Gasteiger partial charge on any atom is -0.267 e. The van der Waals surface area contributed by atoms with Crippen molar-refractivity contribution in [2.45, 2.75) is 13.5 Å². The van der Waals surface area contributed by atoms with Crippen LogP contribution < -0.4 is 0 Å². The number of aryl methyl sites for hydroxylation is 1. The molecule has 1 aromatic rings. The first kappa shape index (κ1) is 9.68. The lowest BCUT2D eigenvalue weighted by Gasteiger charge is -2.00. The summed E-state index contributed by atoms with van der Waals surface area (Å²) in [5, 5.41) is 4.88. The predicted octanol–water partition coefficient (Wildman–Crippen LogP) is 2.33. The summed E-state index contributed by atoms with van der Waals surface area (Å²) in [4.78, 5) is 0. The van der Waals surface area contributed by atoms with Crippen LogP contribution in [0.4, 0.5) is 0 Å². The summed E-state index contributed by atoms with van der Waals surface area (Å²) in [5.41, 5.74) is 1.88. The molecule has 2 nitrogen and oxygen atoms in total. The minimum atomic E-state index is 0.677. The Bertz CT molecular complexity index is 274. The van der Waals surface area contributed by atoms with Crippen LogP contribution >= 0.6 is 24.2 Å². The molecule has 4 heteroatoms. The molecule has 1 heterocycles. The second-order valence-electron chi connectivity index (χ2n) is 2.67. The summed E-state index contributed by atoms with van der Waals surface area (Å²) >= 11 is 9.93. The van der Waals surface area contributed by atoms with Crippen LogP contribution in [0.25, 0.3) is 0 Å². The van der Waals surface area contributed by atoms with Crippen molar-refractivity contribution in [1.82, 2.24) is 9.78 Å². The first-order valence-electron chi connectivity index (χ1n) is 3.60. The van der Waals surface area contributed by atoms with Crippen molar-refractivity contribution >= 4 is 24.2 Å². The molecular formula is C8H11ClN2S. The molecule has 1 aromatic heterocycles. The fourth-order valence-corrected chi connectivity index (χ4v) is 1.10. The molecule has 0 aliphatic heterocycles. The molecule has 0 N–H and O–H groups in total. The topological polar surface area (TPSA) is 17.8 Å². The Morgan fingerprint density at radius 1 is 1.83 bits per heavy atom. The van der Waals surface area contributed by atoms with Crippen LogP contribution in [-0.2, 0) is 6.54 Å². The maximum Gasteiger partial charge on any atom is 0.0815 e. The quantitative estimate of drug-likeness (QED) is 0.589. The van der Waals surface area contributed by atoms with Crippen molar-refractivity contribution in [2.75, 3.05) is 5.75 Å². The van der Waals surface area contributed by atoms with Gasteiger partial charge in [0.1, 0.15) is 0 Å². The molecule has 0 aromatic carbocycles. The van der Waals surface area contributed by atoms with E-state index in [-0.39, 0.29) is 0 Å². The van der Waals surface area contributed by atoms with Gasteiger partial charge in [-0.3, -0.25) is 4.68 Å². The Hall–Kier alpha value is -0.410. The SMILES string of the molecule is C=C(CS)Cn1cc(Cl)c(C)n1. The first-order chi connectivity index (χ1) is 5.63. The van der Waals surface area contributed by atoms with Gasteiger partial charge < -0.3 is 0 Å². The van der Waals surface area contributed by atoms with Gasteiger partial charge in [0.15, 0.2) is 0 Å². The molecule has 12 heavy (non-hydrogen) atoms. The normalized spacial score (nSPS) is 10.2. The van der Waals surface area contributed by atoms with Gasteiger partial charge in [0.25, 0.3) is 0 Å². The zero-order valence-corrected chi connectivity index (χ0v) is 8.57. The van der Waals surface area contributed by atoms with Crippen molar-refractivity contribution in [1.29, 1.82) is 0 Å². The van der Waals surface area contributed by atoms with E-state index in [1.807, 2.05) is 6.92 Å². The Morgan fingerprint density at radius 2 is 2.50 bits per heavy atom. The van der Waals surface area contributed by atoms with E-state index < -0.39 is 0 Å². The van der Waals surface area contributed by atoms with Gasteiger partial charge in [0.2, 0.25) is 0 Å². The summed E-state index contributed by atoms with van der Waals surface area (Å²) in [5.74, 6) is 0.677. The highest BCUT2D eigenvalue weighted by Gasteiger charge is 2.01. The highest BCUT2D eigenvalue weighted by molar-refractivity contribution is 7.80. The Balaban J connectivity index is 2.70. The third-order valence-electron chi connectivity index (χ3n) is 1.50. The van der Waals surface area contributed by atoms with Gasteiger partial charge in [-0.1, -0.05) is 18.2 Å². The molecule has 66 valence electrons. The van der Waals surface area contributed by atoms with E-state index in [9.17, 15) is 0 Å². The molecule has 0 unspecified atom stereocenters. The van der Waals surface area contributed by atoms with Crippen LogP contribution in [0.2, 0.25) is 5.02 Å². The second-order valence-corrected chi connectivity index (χ2v) is 3.39. The molecule has 0 radical (unpaired) electrons. The summed E-state index contributed by atoms with van der Waals surface area (Å²) in [7, 11) is 0. The summed E-state index contributed by atoms with van der Waals surface area (Å²) < 4.78 is 1.77. The monoisotopic (exact) mass is 202 g/mol. The van der Waals surface area contributed by atoms with E-state index in [1.54, 1.807) is 10.9 Å². The van der Waals surface area contributed by atoms with Gasteiger partial charge in [-0.25, -0.2) is 0 Å². The highest BCUT2D eigenvalue weighted by Crippen LogP contribution is 2.12. The number of aromatic nitrogens is 2. The van der Waals surface area contributed by atoms with Gasteiger partial charge in [-0.2, -0.15) is 17.7 Å². The Morgan fingerprint density at radius 3 is 2.92 bits per heavy atom. The van der Waals surface area contributed by atoms with E-state index in [0.29, 0.717) is 17.3 Å². The van der Waals surface area contributed by atoms with E-state index in [1.165, 1.54) is 0 Å². The van der Waals surface area contributed by atoms with E-state index >= 15 is 0 Å². The number of hydrogen-bond acceptors (Lipinski definition) is 2. The zero-order valence-electron chi connectivity index (χ0n) is 6.92. The second kappa shape index (κ2) is 4.01. The third kappa shape index (κ3) is 2.29. The van der Waals surface area contributed by atoms with Crippen LogP contribution in [0.15, 0.2) is 18.3 Å². The summed E-state index contributed by atoms with van der Waals surface area (Å²) in [6.45, 7) is 6.40. The molecule has 0 bridgehead atoms. The predicted molar refractivity (Wildman–Crippen MR) is 55.0 cm³/mol. The molecule has 0 saturated carbocycles. The molecular weight excluding hydrogens is 192 g/mol. The van der Waals surface area contributed by atoms with Crippen LogP contribution in [0, 0.1) is 6.92 Å². The van der Waals surface area contributed by atoms with Crippen molar-refractivity contribution in [3.63, 3.8) is 0 Å². The molecule has 0 aliphatic rings. The van der Waals surface area contributed by atoms with Gasteiger partial charge in [-0.15, -0.1) is 0 Å². The van der Waals surface area contributed by atoms with Crippen molar-refractivity contribution in [2.24, 2.45) is 0 Å². The smallest absolute Gasteiger partial charge is 0.0815 e. The van der Waals surface area contributed by atoms with Crippen molar-refractivity contribution in [3.8, 4) is 0 Å². The van der Waals surface area contributed by atoms with Crippen molar-refractivity contribution in [3.05, 3.63) is 29.1 Å². The maximum atomic E-state index is 5.82. The van der Waals surface area contributed by atoms with E-state index in [0.717, 1.165) is 11.3 Å². The first-order valence-corrected chi connectivity index (χ1v) is 4.61. The highest BCUT2D eigenvalue weighted by atomic mass is 35.5. The van der Waals surface area contributed by atoms with Crippen LogP contribution in [0.3, 0.4) is 0 Å². The fraction of sp³-hybridized carbons (Fsp3) is 0.375. The lowest BCUT2D eigenvalue weighted by Crippen LogP contribution is -2.01. The average Bonchev–Trinajstić information content (AvgIpc) is 2.31. The minimum absolute atomic E-state index is 0.677. The molecule has 0 spiro atoms. The van der Waals surface area contributed by atoms with E-state index in [2.05, 4.69) is 24.3 Å². The molecule has 0 fully saturated rings. The average molecular weight is 203 g/mol. The third-order valence-corrected chi connectivity index (χ3v) is 2.31. The molecule has 0 saturated heterocycles. The Kier molecular flexibility index (Phi) is 3.23. The summed E-state index contributed by atoms with van der Waals surface area (Å²) in [6.07, 6.45) is 1.80. The molecule has 0 aliphatic carbocycles. The fourth-order valence-electron chi connectivity index (χ4n) is 0.854. The largest absolute Gasteiger partial charge is 0.267 e. The number of nitrogens with zero attached hydrogens (tertiary/aromatic N) is 2. The maximum absolute atomic E-state index is 5.82. The van der Waals surface area contributed by atoms with Crippen LogP contribution in [0.5, 0.6) is 0 Å². The van der Waals surface area contributed by atoms with Gasteiger partial charge in [-0.05, 0) is 12.5 Å². The molecule has 0 amide bonds. The summed E-state index contributed by atoms with van der Waals surface area (Å²) in [6, 6.07) is 0. The lowest BCUT2D eigenvalue weighted by molar-refractivity contribution is 0.673. The van der Waals surface area contributed by atoms with Crippen LogP contribution in [0.1, 0.15) is 5.69 Å². The van der Waals surface area contributed by atoms with Gasteiger partial charge in [0, 0.05) is 11.9 Å². The van der Waals surface area contributed by atoms with Crippen molar-refractivity contribution < 1.29 is 0 Å². The number of rotatable bonds is 3. The molecule has 0 atom stereocenters. The molecule has 1 rings (SSSR count).